The molecule has 1 fully saturated rings. The fourth-order valence-electron chi connectivity index (χ4n) is 6.48. The number of amides is 2. The van der Waals surface area contributed by atoms with Gasteiger partial charge in [-0.25, -0.2) is 4.79 Å². The van der Waals surface area contributed by atoms with Crippen LogP contribution in [0.15, 0.2) is 62.0 Å². The van der Waals surface area contributed by atoms with Gasteiger partial charge in [-0.1, -0.05) is 35.7 Å². The van der Waals surface area contributed by atoms with E-state index < -0.39 is 11.2 Å². The third-order valence-electron chi connectivity index (χ3n) is 8.88. The monoisotopic (exact) mass is 632 g/mol. The van der Waals surface area contributed by atoms with E-state index in [1.165, 1.54) is 14.0 Å². The first-order chi connectivity index (χ1) is 22.7. The number of rotatable bonds is 8. The van der Waals surface area contributed by atoms with Crippen molar-refractivity contribution in [3.05, 3.63) is 85.6 Å². The molecule has 1 saturated heterocycles. The fraction of sp³-hybridized carbons (Fsp3) is 0.343. The van der Waals surface area contributed by atoms with Gasteiger partial charge in [0.2, 0.25) is 5.95 Å². The van der Waals surface area contributed by atoms with Crippen LogP contribution in [0.2, 0.25) is 0 Å². The number of aryl methyl sites for hydroxylation is 2. The largest absolute Gasteiger partial charge is 0.340 e. The van der Waals surface area contributed by atoms with Crippen LogP contribution in [0.25, 0.3) is 11.2 Å². The summed E-state index contributed by atoms with van der Waals surface area (Å²) in [5.74, 6) is 5.81. The fourth-order valence-corrected chi connectivity index (χ4v) is 6.48. The highest BCUT2D eigenvalue weighted by Gasteiger charge is 2.42. The molecule has 0 aliphatic carbocycles. The molecule has 6 rings (SSSR count). The number of imide groups is 1. The Morgan fingerprint density at radius 3 is 2.60 bits per heavy atom. The number of carbonyl (C=O) groups is 2. The summed E-state index contributed by atoms with van der Waals surface area (Å²) >= 11 is 0. The van der Waals surface area contributed by atoms with Crippen molar-refractivity contribution in [3.63, 3.8) is 0 Å². The number of anilines is 1. The number of hydrogen-bond acceptors (Lipinski definition) is 8. The first kappa shape index (κ1) is 31.4. The van der Waals surface area contributed by atoms with Gasteiger partial charge in [-0.05, 0) is 58.5 Å². The molecule has 0 bridgehead atoms. The third kappa shape index (κ3) is 5.48. The number of nitrogens with zero attached hydrogens (tertiary/aromatic N) is 8. The van der Waals surface area contributed by atoms with E-state index in [1.807, 2.05) is 49.1 Å². The number of carbonyl (C=O) groups excluding carboxylic acids is 2. The molecule has 4 aromatic rings. The minimum absolute atomic E-state index is 0.0629. The third-order valence-corrected chi connectivity index (χ3v) is 8.88. The van der Waals surface area contributed by atoms with Crippen molar-refractivity contribution in [1.82, 2.24) is 23.6 Å². The van der Waals surface area contributed by atoms with Gasteiger partial charge in [-0.2, -0.15) is 4.98 Å². The number of para-hydroxylation sites is 1. The predicted molar refractivity (Wildman–Crippen MR) is 182 cm³/mol. The topological polar surface area (TPSA) is 127 Å². The molecule has 2 amide bonds. The Bertz CT molecular complexity index is 2160. The number of imidazole rings is 1. The molecule has 0 spiro atoms. The molecule has 12 nitrogen and oxygen atoms in total. The van der Waals surface area contributed by atoms with Crippen LogP contribution < -0.4 is 16.1 Å². The van der Waals surface area contributed by atoms with E-state index in [1.54, 1.807) is 30.7 Å². The number of aliphatic imine (C=N–C) groups is 2. The lowest BCUT2D eigenvalue weighted by Crippen LogP contribution is -2.50. The molecular weight excluding hydrogens is 596 g/mol. The second kappa shape index (κ2) is 12.7. The smallest absolute Gasteiger partial charge is 0.332 e. The molecule has 12 heteroatoms. The molecule has 2 aliphatic rings. The molecule has 2 aromatic heterocycles. The van der Waals surface area contributed by atoms with E-state index in [9.17, 15) is 19.2 Å². The normalized spacial score (nSPS) is 16.4. The second-order valence-electron chi connectivity index (χ2n) is 11.8. The van der Waals surface area contributed by atoms with Crippen molar-refractivity contribution in [2.24, 2.45) is 17.0 Å². The predicted octanol–water partition coefficient (Wildman–Crippen LogP) is 3.33. The number of aromatic nitrogens is 4. The molecule has 1 unspecified atom stereocenters. The lowest BCUT2D eigenvalue weighted by atomic mass is 10.0. The Morgan fingerprint density at radius 2 is 1.83 bits per heavy atom. The summed E-state index contributed by atoms with van der Waals surface area (Å²) in [5.41, 5.74) is 3.52. The molecule has 2 aromatic carbocycles. The van der Waals surface area contributed by atoms with Gasteiger partial charge >= 0.3 is 5.69 Å². The zero-order valence-corrected chi connectivity index (χ0v) is 27.0. The van der Waals surface area contributed by atoms with E-state index in [2.05, 4.69) is 28.5 Å². The highest BCUT2D eigenvalue weighted by molar-refractivity contribution is 6.21. The number of benzene rings is 2. The Morgan fingerprint density at radius 1 is 1.06 bits per heavy atom. The van der Waals surface area contributed by atoms with E-state index >= 15 is 0 Å². The minimum Gasteiger partial charge on any atom is -0.340 e. The number of hydrogen-bond donors (Lipinski definition) is 0. The summed E-state index contributed by atoms with van der Waals surface area (Å²) in [6.07, 6.45) is 1.35. The van der Waals surface area contributed by atoms with Crippen molar-refractivity contribution in [3.8, 4) is 11.8 Å². The summed E-state index contributed by atoms with van der Waals surface area (Å²) in [6, 6.07) is 12.4. The second-order valence-corrected chi connectivity index (χ2v) is 11.8. The van der Waals surface area contributed by atoms with E-state index in [-0.39, 0.29) is 48.7 Å². The zero-order chi connectivity index (χ0) is 33.4. The van der Waals surface area contributed by atoms with E-state index in [0.29, 0.717) is 48.7 Å². The van der Waals surface area contributed by atoms with Crippen LogP contribution in [0.3, 0.4) is 0 Å². The molecule has 47 heavy (non-hydrogen) atoms. The van der Waals surface area contributed by atoms with Gasteiger partial charge in [0.25, 0.3) is 17.4 Å². The zero-order valence-electron chi connectivity index (χ0n) is 27.0. The van der Waals surface area contributed by atoms with Crippen molar-refractivity contribution in [2.45, 2.75) is 52.7 Å². The molecular formula is C35H36N8O4. The molecule has 1 atom stereocenters. The summed E-state index contributed by atoms with van der Waals surface area (Å²) in [4.78, 5) is 71.1. The summed E-state index contributed by atoms with van der Waals surface area (Å²) in [5, 5.41) is 0. The summed E-state index contributed by atoms with van der Waals surface area (Å²) < 4.78 is 4.29. The van der Waals surface area contributed by atoms with Crippen LogP contribution in [0.1, 0.15) is 58.5 Å². The standard InChI is InChI=1S/C35H36N8O4/c1-6-7-18-41-29-30(39(5)35(47)42(33(29)46)19-16-37-23(3)25-12-8-9-13-28(25)36-4)38-34(41)40-17-10-11-24(21-40)43-31(44)26-15-14-22(2)20-27(26)32(43)45/h8-9,12-15,20,24H,4,10-11,16-19,21H2,1-3,5H3/b37-23-. The number of fused-ring (bicyclic) bond motifs is 2. The molecule has 240 valence electrons. The maximum Gasteiger partial charge on any atom is 0.332 e. The van der Waals surface area contributed by atoms with Gasteiger partial charge in [0.15, 0.2) is 11.2 Å². The Kier molecular flexibility index (Phi) is 8.47. The SMILES string of the molecule is C=Nc1ccccc1/C(C)=N\CCn1c(=O)c2c(nc(N3CCCC(N4C(=O)c5ccc(C)cc5C4=O)C3)n2CC#CC)n(C)c1=O. The van der Waals surface area contributed by atoms with Gasteiger partial charge in [-0.15, -0.1) is 5.92 Å². The van der Waals surface area contributed by atoms with Crippen LogP contribution in [0, 0.1) is 18.8 Å². The van der Waals surface area contributed by atoms with Gasteiger partial charge in [0.05, 0.1) is 42.5 Å². The van der Waals surface area contributed by atoms with Crippen molar-refractivity contribution < 1.29 is 9.59 Å². The number of piperidine rings is 1. The van der Waals surface area contributed by atoms with Gasteiger partial charge < -0.3 is 4.90 Å². The highest BCUT2D eigenvalue weighted by Crippen LogP contribution is 2.31. The van der Waals surface area contributed by atoms with Crippen LogP contribution in [-0.4, -0.2) is 73.5 Å². The lowest BCUT2D eigenvalue weighted by Gasteiger charge is -2.37. The van der Waals surface area contributed by atoms with Crippen LogP contribution in [0.5, 0.6) is 0 Å². The first-order valence-electron chi connectivity index (χ1n) is 15.6. The molecule has 0 radical (unpaired) electrons. The van der Waals surface area contributed by atoms with Crippen molar-refractivity contribution in [1.29, 1.82) is 0 Å². The van der Waals surface area contributed by atoms with Crippen LogP contribution in [0.4, 0.5) is 11.6 Å². The average molecular weight is 633 g/mol. The summed E-state index contributed by atoms with van der Waals surface area (Å²) in [6.45, 7) is 10.5. The van der Waals surface area contributed by atoms with Gasteiger partial charge in [0.1, 0.15) is 0 Å². The molecule has 2 aliphatic heterocycles. The first-order valence-corrected chi connectivity index (χ1v) is 15.6. The maximum atomic E-state index is 14.0. The lowest BCUT2D eigenvalue weighted by molar-refractivity contribution is 0.0569. The molecule has 0 saturated carbocycles. The Balaban J connectivity index is 1.34. The minimum atomic E-state index is -0.501. The van der Waals surface area contributed by atoms with Crippen LogP contribution >= 0.6 is 0 Å². The van der Waals surface area contributed by atoms with Crippen molar-refractivity contribution in [2.75, 3.05) is 24.5 Å². The highest BCUT2D eigenvalue weighted by atomic mass is 16.2. The Hall–Kier alpha value is -5.57. The van der Waals surface area contributed by atoms with E-state index in [4.69, 9.17) is 4.98 Å². The molecule has 0 N–H and O–H groups in total. The molecule has 4 heterocycles. The summed E-state index contributed by atoms with van der Waals surface area (Å²) in [7, 11) is 1.59. The van der Waals surface area contributed by atoms with Gasteiger partial charge in [0, 0.05) is 31.4 Å². The van der Waals surface area contributed by atoms with Crippen molar-refractivity contribution >= 4 is 47.0 Å². The quantitative estimate of drug-likeness (QED) is 0.167. The maximum absolute atomic E-state index is 14.0. The average Bonchev–Trinajstić information content (AvgIpc) is 3.58. The van der Waals surface area contributed by atoms with E-state index in [0.717, 1.165) is 16.8 Å². The van der Waals surface area contributed by atoms with Crippen LogP contribution in [-0.2, 0) is 20.1 Å². The Labute approximate surface area is 271 Å². The van der Waals surface area contributed by atoms with Gasteiger partial charge in [-0.3, -0.25) is 43.0 Å².